The second-order valence-corrected chi connectivity index (χ2v) is 4.16. The number of hydrogen-bond acceptors (Lipinski definition) is 7. The van der Waals surface area contributed by atoms with Crippen LogP contribution in [0, 0.1) is 5.92 Å². The molecule has 5 atom stereocenters. The SMILES string of the molecule is CCOC(=O)[C@@H]1C[C@@H](N)[C@@H]2OC(=O)O[C@@H]2[C@H]1O. The van der Waals surface area contributed by atoms with Crippen molar-refractivity contribution in [2.45, 2.75) is 37.7 Å². The average Bonchev–Trinajstić information content (AvgIpc) is 2.66. The number of ether oxygens (including phenoxy) is 3. The highest BCUT2D eigenvalue weighted by molar-refractivity contribution is 5.74. The first-order valence-corrected chi connectivity index (χ1v) is 5.52. The Morgan fingerprint density at radius 3 is 2.82 bits per heavy atom. The van der Waals surface area contributed by atoms with Gasteiger partial charge < -0.3 is 25.1 Å². The molecule has 1 aliphatic carbocycles. The highest BCUT2D eigenvalue weighted by atomic mass is 16.8. The van der Waals surface area contributed by atoms with Gasteiger partial charge in [-0.05, 0) is 13.3 Å². The summed E-state index contributed by atoms with van der Waals surface area (Å²) in [7, 11) is 0. The molecule has 7 heteroatoms. The van der Waals surface area contributed by atoms with Crippen LogP contribution in [0.5, 0.6) is 0 Å². The number of fused-ring (bicyclic) bond motifs is 1. The van der Waals surface area contributed by atoms with E-state index < -0.39 is 42.4 Å². The van der Waals surface area contributed by atoms with Crippen molar-refractivity contribution in [3.63, 3.8) is 0 Å². The van der Waals surface area contributed by atoms with E-state index in [4.69, 9.17) is 19.9 Å². The Morgan fingerprint density at radius 1 is 1.53 bits per heavy atom. The molecule has 96 valence electrons. The molecule has 1 aliphatic heterocycles. The van der Waals surface area contributed by atoms with Crippen molar-refractivity contribution in [1.29, 1.82) is 0 Å². The molecule has 0 radical (unpaired) electrons. The lowest BCUT2D eigenvalue weighted by Gasteiger charge is -2.35. The van der Waals surface area contributed by atoms with Gasteiger partial charge in [0.25, 0.3) is 0 Å². The summed E-state index contributed by atoms with van der Waals surface area (Å²) < 4.78 is 14.5. The number of esters is 1. The second-order valence-electron chi connectivity index (χ2n) is 4.16. The molecule has 0 unspecified atom stereocenters. The number of carbonyl (C=O) groups excluding carboxylic acids is 2. The zero-order chi connectivity index (χ0) is 12.6. The maximum Gasteiger partial charge on any atom is 0.509 e. The van der Waals surface area contributed by atoms with Gasteiger partial charge in [0.15, 0.2) is 12.2 Å². The van der Waals surface area contributed by atoms with Crippen molar-refractivity contribution in [3.05, 3.63) is 0 Å². The fourth-order valence-electron chi connectivity index (χ4n) is 2.26. The zero-order valence-corrected chi connectivity index (χ0v) is 9.37. The van der Waals surface area contributed by atoms with E-state index >= 15 is 0 Å². The van der Waals surface area contributed by atoms with Gasteiger partial charge in [-0.3, -0.25) is 4.79 Å². The van der Waals surface area contributed by atoms with Crippen molar-refractivity contribution in [3.8, 4) is 0 Å². The van der Waals surface area contributed by atoms with Crippen molar-refractivity contribution < 1.29 is 28.9 Å². The molecule has 2 fully saturated rings. The number of aliphatic hydroxyl groups is 1. The van der Waals surface area contributed by atoms with E-state index in [0.29, 0.717) is 0 Å². The second kappa shape index (κ2) is 4.50. The minimum Gasteiger partial charge on any atom is -0.466 e. The highest BCUT2D eigenvalue weighted by Crippen LogP contribution is 2.33. The van der Waals surface area contributed by atoms with Gasteiger partial charge in [-0.15, -0.1) is 0 Å². The number of nitrogens with two attached hydrogens (primary N) is 1. The molecular formula is C10H15NO6. The lowest BCUT2D eigenvalue weighted by Crippen LogP contribution is -2.57. The van der Waals surface area contributed by atoms with Gasteiger partial charge in [0.2, 0.25) is 0 Å². The highest BCUT2D eigenvalue weighted by Gasteiger charge is 2.53. The lowest BCUT2D eigenvalue weighted by atomic mass is 9.80. The van der Waals surface area contributed by atoms with Crippen LogP contribution >= 0.6 is 0 Å². The van der Waals surface area contributed by atoms with Gasteiger partial charge >= 0.3 is 12.1 Å². The summed E-state index contributed by atoms with van der Waals surface area (Å²) >= 11 is 0. The van der Waals surface area contributed by atoms with Gasteiger partial charge in [0.05, 0.1) is 12.5 Å². The van der Waals surface area contributed by atoms with Crippen molar-refractivity contribution >= 4 is 12.1 Å². The summed E-state index contributed by atoms with van der Waals surface area (Å²) in [6.07, 6.45) is -3.37. The quantitative estimate of drug-likeness (QED) is 0.611. The lowest BCUT2D eigenvalue weighted by molar-refractivity contribution is -0.159. The molecule has 0 amide bonds. The average molecular weight is 245 g/mol. The van der Waals surface area contributed by atoms with Crippen LogP contribution in [0.1, 0.15) is 13.3 Å². The molecule has 0 spiro atoms. The van der Waals surface area contributed by atoms with Gasteiger partial charge in [-0.2, -0.15) is 0 Å². The van der Waals surface area contributed by atoms with Crippen LogP contribution in [-0.4, -0.2) is 48.2 Å². The summed E-state index contributed by atoms with van der Waals surface area (Å²) in [5, 5.41) is 9.96. The minimum atomic E-state index is -1.13. The Morgan fingerprint density at radius 2 is 2.18 bits per heavy atom. The fourth-order valence-corrected chi connectivity index (χ4v) is 2.26. The van der Waals surface area contributed by atoms with Crippen LogP contribution in [0.3, 0.4) is 0 Å². The van der Waals surface area contributed by atoms with E-state index in [1.807, 2.05) is 0 Å². The molecule has 0 aromatic heterocycles. The maximum absolute atomic E-state index is 11.6. The molecule has 0 bridgehead atoms. The normalized spacial score (nSPS) is 40.2. The van der Waals surface area contributed by atoms with Crippen LogP contribution in [0.15, 0.2) is 0 Å². The van der Waals surface area contributed by atoms with Gasteiger partial charge in [0.1, 0.15) is 6.10 Å². The Balaban J connectivity index is 2.12. The van der Waals surface area contributed by atoms with E-state index in [-0.39, 0.29) is 13.0 Å². The topological polar surface area (TPSA) is 108 Å². The van der Waals surface area contributed by atoms with Gasteiger partial charge in [-0.1, -0.05) is 0 Å². The summed E-state index contributed by atoms with van der Waals surface area (Å²) in [6.45, 7) is 1.90. The molecule has 7 nitrogen and oxygen atoms in total. The molecule has 3 N–H and O–H groups in total. The molecule has 0 aromatic carbocycles. The van der Waals surface area contributed by atoms with E-state index in [2.05, 4.69) is 0 Å². The summed E-state index contributed by atoms with van der Waals surface area (Å²) in [5.74, 6) is -1.31. The molecule has 0 aromatic rings. The van der Waals surface area contributed by atoms with Crippen molar-refractivity contribution in [1.82, 2.24) is 0 Å². The molecule has 2 rings (SSSR count). The van der Waals surface area contributed by atoms with Crippen LogP contribution in [-0.2, 0) is 19.0 Å². The first-order chi connectivity index (χ1) is 8.04. The predicted molar refractivity (Wildman–Crippen MR) is 53.9 cm³/mol. The monoisotopic (exact) mass is 245 g/mol. The predicted octanol–water partition coefficient (Wildman–Crippen LogP) is -0.838. The third-order valence-electron chi connectivity index (χ3n) is 3.07. The smallest absolute Gasteiger partial charge is 0.466 e. The number of carbonyl (C=O) groups is 2. The standard InChI is InChI=1S/C10H15NO6/c1-2-15-9(13)4-3-5(11)7-8(6(4)12)17-10(14)16-7/h4-8,12H,2-3,11H2,1H3/t4-,5-,6+,7+,8-/m1/s1. The Bertz CT molecular complexity index is 333. The summed E-state index contributed by atoms with van der Waals surface area (Å²) in [4.78, 5) is 22.6. The largest absolute Gasteiger partial charge is 0.509 e. The van der Waals surface area contributed by atoms with Gasteiger partial charge in [-0.25, -0.2) is 4.79 Å². The van der Waals surface area contributed by atoms with Crippen molar-refractivity contribution in [2.24, 2.45) is 11.7 Å². The van der Waals surface area contributed by atoms with Crippen LogP contribution < -0.4 is 5.73 Å². The summed E-state index contributed by atoms with van der Waals surface area (Å²) in [5.41, 5.74) is 5.79. The molecule has 1 saturated heterocycles. The third-order valence-corrected chi connectivity index (χ3v) is 3.07. The molecule has 17 heavy (non-hydrogen) atoms. The first kappa shape index (κ1) is 12.1. The Labute approximate surface area is 97.8 Å². The van der Waals surface area contributed by atoms with Crippen LogP contribution in [0.4, 0.5) is 4.79 Å². The Kier molecular flexibility index (Phi) is 3.21. The van der Waals surface area contributed by atoms with E-state index in [1.54, 1.807) is 6.92 Å². The van der Waals surface area contributed by atoms with Crippen molar-refractivity contribution in [2.75, 3.05) is 6.61 Å². The van der Waals surface area contributed by atoms with Gasteiger partial charge in [0, 0.05) is 6.04 Å². The Hall–Kier alpha value is -1.34. The molecular weight excluding hydrogens is 230 g/mol. The third kappa shape index (κ3) is 2.07. The molecule has 1 saturated carbocycles. The van der Waals surface area contributed by atoms with E-state index in [0.717, 1.165) is 0 Å². The minimum absolute atomic E-state index is 0.206. The first-order valence-electron chi connectivity index (χ1n) is 5.52. The molecule has 2 aliphatic rings. The summed E-state index contributed by atoms with van der Waals surface area (Å²) in [6, 6.07) is -0.538. The fraction of sp³-hybridized carbons (Fsp3) is 0.800. The maximum atomic E-state index is 11.6. The zero-order valence-electron chi connectivity index (χ0n) is 9.37. The van der Waals surface area contributed by atoms with E-state index in [1.165, 1.54) is 0 Å². The van der Waals surface area contributed by atoms with Crippen LogP contribution in [0.2, 0.25) is 0 Å². The molecule has 1 heterocycles. The number of aliphatic hydroxyl groups excluding tert-OH is 1. The van der Waals surface area contributed by atoms with E-state index in [9.17, 15) is 14.7 Å². The number of rotatable bonds is 2. The van der Waals surface area contributed by atoms with Crippen LogP contribution in [0.25, 0.3) is 0 Å². The number of hydrogen-bond donors (Lipinski definition) is 2.